The molecule has 2 nitrogen and oxygen atoms in total. The normalized spacial score (nSPS) is 14.2. The molecule has 1 aliphatic carbocycles. The van der Waals surface area contributed by atoms with Crippen molar-refractivity contribution in [3.8, 4) is 28.3 Å². The summed E-state index contributed by atoms with van der Waals surface area (Å²) in [6.45, 7) is 23.5. The highest BCUT2D eigenvalue weighted by atomic mass is 16.5. The highest BCUT2D eigenvalue weighted by Crippen LogP contribution is 2.54. The van der Waals surface area contributed by atoms with Crippen molar-refractivity contribution in [1.29, 1.82) is 0 Å². The van der Waals surface area contributed by atoms with Gasteiger partial charge < -0.3 is 9.30 Å². The lowest BCUT2D eigenvalue weighted by atomic mass is 9.75. The molecule has 2 aliphatic rings. The molecular formula is C43H49NO. The highest BCUT2D eigenvalue weighted by Gasteiger charge is 2.38. The molecule has 0 fully saturated rings. The smallest absolute Gasteiger partial charge is 0.155 e. The molecule has 0 amide bonds. The molecule has 2 heterocycles. The van der Waals surface area contributed by atoms with Gasteiger partial charge in [0.1, 0.15) is 5.75 Å². The Morgan fingerprint density at radius 1 is 0.489 bits per heavy atom. The molecule has 0 atom stereocenters. The molecule has 45 heavy (non-hydrogen) atoms. The Morgan fingerprint density at radius 2 is 1.07 bits per heavy atom. The summed E-state index contributed by atoms with van der Waals surface area (Å²) in [6, 6.07) is 35.7. The summed E-state index contributed by atoms with van der Waals surface area (Å²) in [5.74, 6) is 1.94. The molecule has 0 N–H and O–H groups in total. The Kier molecular flexibility index (Phi) is 8.73. The molecule has 0 saturated heterocycles. The van der Waals surface area contributed by atoms with Crippen molar-refractivity contribution in [2.24, 2.45) is 0 Å². The van der Waals surface area contributed by atoms with Gasteiger partial charge in [-0.1, -0.05) is 142 Å². The molecular weight excluding hydrogens is 546 g/mol. The molecule has 1 aromatic heterocycles. The zero-order valence-electron chi connectivity index (χ0n) is 29.1. The molecule has 232 valence electrons. The first-order valence-corrected chi connectivity index (χ1v) is 16.9. The van der Waals surface area contributed by atoms with Crippen LogP contribution in [0.25, 0.3) is 38.6 Å². The Balaban J connectivity index is 0.000000632. The minimum absolute atomic E-state index is 0.0634. The van der Waals surface area contributed by atoms with Crippen LogP contribution in [0.4, 0.5) is 0 Å². The Bertz CT molecular complexity index is 2000. The van der Waals surface area contributed by atoms with Crippen molar-refractivity contribution in [2.45, 2.75) is 87.0 Å². The van der Waals surface area contributed by atoms with Crippen molar-refractivity contribution in [3.63, 3.8) is 0 Å². The van der Waals surface area contributed by atoms with Crippen LogP contribution < -0.4 is 4.74 Å². The molecule has 8 rings (SSSR count). The number of rotatable bonds is 1. The van der Waals surface area contributed by atoms with Gasteiger partial charge in [0.25, 0.3) is 0 Å². The Morgan fingerprint density at radius 3 is 1.80 bits per heavy atom. The van der Waals surface area contributed by atoms with Crippen LogP contribution in [0.15, 0.2) is 97.1 Å². The number of aromatic nitrogens is 1. The SMILES string of the molecule is CC.CC.CC.Cc1cccc2c1Oc1c(-n3c4ccccc4c4cc5c(cc43)C(C)(C)c3ccccc3-5)cccc1C2(C)C. The van der Waals surface area contributed by atoms with Crippen LogP contribution in [0.2, 0.25) is 0 Å². The van der Waals surface area contributed by atoms with Gasteiger partial charge in [-0.25, -0.2) is 0 Å². The van der Waals surface area contributed by atoms with Crippen LogP contribution in [-0.2, 0) is 10.8 Å². The maximum absolute atomic E-state index is 6.86. The second kappa shape index (κ2) is 12.2. The Labute approximate surface area is 270 Å². The summed E-state index contributed by atoms with van der Waals surface area (Å²) < 4.78 is 9.29. The lowest BCUT2D eigenvalue weighted by Gasteiger charge is -2.36. The summed E-state index contributed by atoms with van der Waals surface area (Å²) in [7, 11) is 0. The van der Waals surface area contributed by atoms with Gasteiger partial charge in [-0.05, 0) is 59.0 Å². The van der Waals surface area contributed by atoms with Gasteiger partial charge >= 0.3 is 0 Å². The summed E-state index contributed by atoms with van der Waals surface area (Å²) in [4.78, 5) is 0. The number of para-hydroxylation sites is 3. The second-order valence-electron chi connectivity index (χ2n) is 12.3. The van der Waals surface area contributed by atoms with Gasteiger partial charge in [-0.3, -0.25) is 0 Å². The van der Waals surface area contributed by atoms with E-state index >= 15 is 0 Å². The number of hydrogen-bond donors (Lipinski definition) is 0. The number of aryl methyl sites for hydroxylation is 1. The molecule has 0 saturated carbocycles. The first-order chi connectivity index (χ1) is 21.8. The molecule has 0 bridgehead atoms. The van der Waals surface area contributed by atoms with E-state index < -0.39 is 0 Å². The minimum Gasteiger partial charge on any atom is -0.454 e. The maximum atomic E-state index is 6.86. The number of benzene rings is 5. The molecule has 5 aromatic carbocycles. The van der Waals surface area contributed by atoms with E-state index in [1.807, 2.05) is 41.5 Å². The van der Waals surface area contributed by atoms with E-state index in [-0.39, 0.29) is 10.8 Å². The van der Waals surface area contributed by atoms with E-state index in [1.165, 1.54) is 60.8 Å². The minimum atomic E-state index is -0.172. The number of ether oxygens (including phenoxy) is 1. The predicted octanol–water partition coefficient (Wildman–Crippen LogP) is 12.9. The van der Waals surface area contributed by atoms with Gasteiger partial charge in [0.15, 0.2) is 5.75 Å². The molecule has 0 spiro atoms. The van der Waals surface area contributed by atoms with Gasteiger partial charge in [0.2, 0.25) is 0 Å². The molecule has 2 heteroatoms. The lowest BCUT2D eigenvalue weighted by Crippen LogP contribution is -2.25. The van der Waals surface area contributed by atoms with Gasteiger partial charge in [-0.15, -0.1) is 0 Å². The zero-order valence-corrected chi connectivity index (χ0v) is 29.1. The molecule has 0 radical (unpaired) electrons. The fourth-order valence-electron chi connectivity index (χ4n) is 7.25. The topological polar surface area (TPSA) is 14.2 Å². The van der Waals surface area contributed by atoms with Gasteiger partial charge in [0.05, 0.1) is 16.7 Å². The summed E-state index contributed by atoms with van der Waals surface area (Å²) >= 11 is 0. The van der Waals surface area contributed by atoms with E-state index in [0.717, 1.165) is 17.2 Å². The third-order valence-electron chi connectivity index (χ3n) is 9.37. The van der Waals surface area contributed by atoms with E-state index in [1.54, 1.807) is 0 Å². The molecule has 1 aliphatic heterocycles. The fraction of sp³-hybridized carbons (Fsp3) is 0.302. The van der Waals surface area contributed by atoms with Crippen molar-refractivity contribution < 1.29 is 4.74 Å². The monoisotopic (exact) mass is 595 g/mol. The molecule has 6 aromatic rings. The number of fused-ring (bicyclic) bond motifs is 8. The second-order valence-corrected chi connectivity index (χ2v) is 12.3. The Hall–Kier alpha value is -4.30. The average molecular weight is 596 g/mol. The van der Waals surface area contributed by atoms with Crippen molar-refractivity contribution in [3.05, 3.63) is 125 Å². The van der Waals surface area contributed by atoms with Crippen LogP contribution in [0.3, 0.4) is 0 Å². The van der Waals surface area contributed by atoms with Crippen molar-refractivity contribution in [1.82, 2.24) is 4.57 Å². The van der Waals surface area contributed by atoms with Crippen LogP contribution >= 0.6 is 0 Å². The molecule has 0 unspecified atom stereocenters. The standard InChI is InChI=1S/C37H31NO.3C2H6/c1-22-12-10-16-28-34(22)39-35-29(37(28,4)5)17-11-19-32(35)38-31-18-9-7-14-24(31)26-20-25-23-13-6-8-15-27(23)36(2,3)30(25)21-33(26)38;3*1-2/h6-21H,1-5H3;3*1-2H3. The lowest BCUT2D eigenvalue weighted by molar-refractivity contribution is 0.413. The van der Waals surface area contributed by atoms with Gasteiger partial charge in [0, 0.05) is 32.7 Å². The van der Waals surface area contributed by atoms with E-state index in [0.29, 0.717) is 0 Å². The van der Waals surface area contributed by atoms with Crippen LogP contribution in [-0.4, -0.2) is 4.57 Å². The predicted molar refractivity (Wildman–Crippen MR) is 196 cm³/mol. The van der Waals surface area contributed by atoms with Crippen LogP contribution in [0.5, 0.6) is 11.5 Å². The first kappa shape index (κ1) is 32.1. The third-order valence-corrected chi connectivity index (χ3v) is 9.37. The van der Waals surface area contributed by atoms with Gasteiger partial charge in [-0.2, -0.15) is 0 Å². The van der Waals surface area contributed by atoms with E-state index in [4.69, 9.17) is 4.74 Å². The fourth-order valence-corrected chi connectivity index (χ4v) is 7.25. The van der Waals surface area contributed by atoms with Crippen LogP contribution in [0.1, 0.15) is 97.1 Å². The summed E-state index contributed by atoms with van der Waals surface area (Å²) in [5, 5.41) is 2.54. The highest BCUT2D eigenvalue weighted by molar-refractivity contribution is 6.11. The van der Waals surface area contributed by atoms with E-state index in [9.17, 15) is 0 Å². The first-order valence-electron chi connectivity index (χ1n) is 16.9. The third kappa shape index (κ3) is 4.69. The van der Waals surface area contributed by atoms with Crippen molar-refractivity contribution in [2.75, 3.05) is 0 Å². The quantitative estimate of drug-likeness (QED) is 0.184. The van der Waals surface area contributed by atoms with Crippen molar-refractivity contribution >= 4 is 21.8 Å². The number of hydrogen-bond acceptors (Lipinski definition) is 1. The summed E-state index contributed by atoms with van der Waals surface area (Å²) in [6.07, 6.45) is 0. The van der Waals surface area contributed by atoms with E-state index in [2.05, 4.69) is 136 Å². The van der Waals surface area contributed by atoms with Crippen LogP contribution in [0, 0.1) is 6.92 Å². The largest absolute Gasteiger partial charge is 0.454 e. The zero-order chi connectivity index (χ0) is 32.7. The summed E-state index contributed by atoms with van der Waals surface area (Å²) in [5.41, 5.74) is 12.4. The maximum Gasteiger partial charge on any atom is 0.155 e. The number of nitrogens with zero attached hydrogens (tertiary/aromatic N) is 1. The average Bonchev–Trinajstić information content (AvgIpc) is 3.51.